The van der Waals surface area contributed by atoms with Crippen LogP contribution in [0.3, 0.4) is 0 Å². The number of nitrogens with two attached hydrogens (primary N) is 1. The average Bonchev–Trinajstić information content (AvgIpc) is 2.52. The number of rotatable bonds is 9. The summed E-state index contributed by atoms with van der Waals surface area (Å²) < 4.78 is 0. The molecule has 5 N–H and O–H groups in total. The van der Waals surface area contributed by atoms with Gasteiger partial charge in [0.1, 0.15) is 12.3 Å². The molecule has 0 heterocycles. The molecule has 8 nitrogen and oxygen atoms in total. The third-order valence-electron chi connectivity index (χ3n) is 3.01. The van der Waals surface area contributed by atoms with E-state index in [0.717, 1.165) is 5.56 Å². The number of carbonyl (C=O) groups is 4. The number of nitrogens with one attached hydrogen (secondary N) is 2. The van der Waals surface area contributed by atoms with E-state index in [2.05, 4.69) is 10.6 Å². The van der Waals surface area contributed by atoms with E-state index < -0.39 is 36.3 Å². The first-order valence-electron chi connectivity index (χ1n) is 6.97. The molecule has 1 rings (SSSR count). The molecule has 0 unspecified atom stereocenters. The molecular weight excluding hydrogens is 302 g/mol. The Hall–Kier alpha value is -2.74. The van der Waals surface area contributed by atoms with Crippen molar-refractivity contribution in [1.82, 2.24) is 10.6 Å². The summed E-state index contributed by atoms with van der Waals surface area (Å²) in [6.45, 7) is -0.179. The zero-order valence-electron chi connectivity index (χ0n) is 12.4. The maximum absolute atomic E-state index is 12.0. The molecule has 124 valence electrons. The lowest BCUT2D eigenvalue weighted by atomic mass is 10.0. The highest BCUT2D eigenvalue weighted by molar-refractivity contribution is 5.92. The van der Waals surface area contributed by atoms with Crippen LogP contribution in [0.4, 0.5) is 0 Å². The predicted molar refractivity (Wildman–Crippen MR) is 81.4 cm³/mol. The SMILES string of the molecule is N[C@@H](CC(=O)O)C(=O)N[C@@H](Cc1ccccc1)C(=O)NCC=O. The summed E-state index contributed by atoms with van der Waals surface area (Å²) in [5, 5.41) is 13.4. The monoisotopic (exact) mass is 321 g/mol. The zero-order valence-corrected chi connectivity index (χ0v) is 12.4. The zero-order chi connectivity index (χ0) is 17.2. The summed E-state index contributed by atoms with van der Waals surface area (Å²) in [4.78, 5) is 44.9. The fourth-order valence-electron chi connectivity index (χ4n) is 1.88. The lowest BCUT2D eigenvalue weighted by Crippen LogP contribution is -2.53. The van der Waals surface area contributed by atoms with E-state index in [1.165, 1.54) is 0 Å². The second-order valence-corrected chi connectivity index (χ2v) is 4.87. The van der Waals surface area contributed by atoms with Crippen molar-refractivity contribution in [3.63, 3.8) is 0 Å². The average molecular weight is 321 g/mol. The van der Waals surface area contributed by atoms with Gasteiger partial charge in [0.05, 0.1) is 19.0 Å². The van der Waals surface area contributed by atoms with Crippen molar-refractivity contribution >= 4 is 24.1 Å². The van der Waals surface area contributed by atoms with Crippen LogP contribution in [0.15, 0.2) is 30.3 Å². The van der Waals surface area contributed by atoms with Crippen molar-refractivity contribution < 1.29 is 24.3 Å². The molecule has 2 amide bonds. The minimum absolute atomic E-state index is 0.179. The predicted octanol–water partition coefficient (Wildman–Crippen LogP) is -1.17. The van der Waals surface area contributed by atoms with Gasteiger partial charge >= 0.3 is 5.97 Å². The molecule has 23 heavy (non-hydrogen) atoms. The standard InChI is InChI=1S/C15H19N3O5/c16-11(9-13(20)21)14(22)18-12(15(23)17-6-7-19)8-10-4-2-1-3-5-10/h1-5,7,11-12H,6,8-9,16H2,(H,17,23)(H,18,22)(H,20,21)/t11-,12-/m0/s1. The van der Waals surface area contributed by atoms with Gasteiger partial charge in [0.2, 0.25) is 11.8 Å². The van der Waals surface area contributed by atoms with Crippen LogP contribution in [-0.2, 0) is 25.6 Å². The van der Waals surface area contributed by atoms with Crippen LogP contribution in [0.2, 0.25) is 0 Å². The molecule has 0 saturated heterocycles. The van der Waals surface area contributed by atoms with Crippen LogP contribution >= 0.6 is 0 Å². The molecule has 0 aromatic heterocycles. The van der Waals surface area contributed by atoms with E-state index in [4.69, 9.17) is 10.8 Å². The Morgan fingerprint density at radius 2 is 1.83 bits per heavy atom. The number of hydrogen-bond donors (Lipinski definition) is 4. The summed E-state index contributed by atoms with van der Waals surface area (Å²) in [5.74, 6) is -2.50. The smallest absolute Gasteiger partial charge is 0.305 e. The van der Waals surface area contributed by atoms with Gasteiger partial charge in [-0.15, -0.1) is 0 Å². The lowest BCUT2D eigenvalue weighted by Gasteiger charge is -2.20. The Morgan fingerprint density at radius 3 is 2.39 bits per heavy atom. The second-order valence-electron chi connectivity index (χ2n) is 4.87. The van der Waals surface area contributed by atoms with Gasteiger partial charge in [0.15, 0.2) is 0 Å². The Labute approximate surface area is 133 Å². The van der Waals surface area contributed by atoms with Gasteiger partial charge in [-0.3, -0.25) is 14.4 Å². The molecule has 8 heteroatoms. The van der Waals surface area contributed by atoms with Crippen LogP contribution in [-0.4, -0.2) is 47.8 Å². The molecule has 0 aliphatic heterocycles. The van der Waals surface area contributed by atoms with Crippen molar-refractivity contribution in [3.8, 4) is 0 Å². The minimum atomic E-state index is -1.26. The van der Waals surface area contributed by atoms with Crippen LogP contribution in [0.25, 0.3) is 0 Å². The molecule has 1 aromatic rings. The maximum atomic E-state index is 12.0. The number of aldehydes is 1. The number of carboxylic acid groups (broad SMARTS) is 1. The van der Waals surface area contributed by atoms with Crippen molar-refractivity contribution in [1.29, 1.82) is 0 Å². The van der Waals surface area contributed by atoms with E-state index in [9.17, 15) is 19.2 Å². The van der Waals surface area contributed by atoms with E-state index in [1.54, 1.807) is 24.3 Å². The molecule has 2 atom stereocenters. The van der Waals surface area contributed by atoms with E-state index in [1.807, 2.05) is 6.07 Å². The van der Waals surface area contributed by atoms with Crippen molar-refractivity contribution in [2.24, 2.45) is 5.73 Å². The van der Waals surface area contributed by atoms with Gasteiger partial charge in [-0.05, 0) is 5.56 Å². The van der Waals surface area contributed by atoms with E-state index in [0.29, 0.717) is 6.29 Å². The molecular formula is C15H19N3O5. The molecule has 0 aliphatic rings. The fourth-order valence-corrected chi connectivity index (χ4v) is 1.88. The molecule has 0 aliphatic carbocycles. The van der Waals surface area contributed by atoms with Crippen LogP contribution in [0.5, 0.6) is 0 Å². The summed E-state index contributed by atoms with van der Waals surface area (Å²) >= 11 is 0. The van der Waals surface area contributed by atoms with Gasteiger partial charge in [0, 0.05) is 6.42 Å². The number of hydrogen-bond acceptors (Lipinski definition) is 5. The molecule has 0 radical (unpaired) electrons. The molecule has 0 saturated carbocycles. The number of carboxylic acids is 1. The summed E-state index contributed by atoms with van der Waals surface area (Å²) in [6, 6.07) is 6.73. The third-order valence-corrected chi connectivity index (χ3v) is 3.01. The van der Waals surface area contributed by atoms with Crippen LogP contribution in [0.1, 0.15) is 12.0 Å². The largest absolute Gasteiger partial charge is 0.481 e. The Bertz CT molecular complexity index is 561. The highest BCUT2D eigenvalue weighted by Gasteiger charge is 2.25. The number of amides is 2. The van der Waals surface area contributed by atoms with Gasteiger partial charge in [-0.25, -0.2) is 0 Å². The second kappa shape index (κ2) is 9.31. The topological polar surface area (TPSA) is 139 Å². The third kappa shape index (κ3) is 6.70. The first-order valence-corrected chi connectivity index (χ1v) is 6.97. The van der Waals surface area contributed by atoms with Gasteiger partial charge in [-0.1, -0.05) is 30.3 Å². The first-order chi connectivity index (χ1) is 10.9. The van der Waals surface area contributed by atoms with E-state index in [-0.39, 0.29) is 13.0 Å². The maximum Gasteiger partial charge on any atom is 0.305 e. The van der Waals surface area contributed by atoms with Crippen molar-refractivity contribution in [3.05, 3.63) is 35.9 Å². The van der Waals surface area contributed by atoms with Crippen LogP contribution in [0, 0.1) is 0 Å². The summed E-state index contributed by atoms with van der Waals surface area (Å²) in [7, 11) is 0. The summed E-state index contributed by atoms with van der Waals surface area (Å²) in [6.07, 6.45) is 0.173. The number of benzene rings is 1. The Kier molecular flexibility index (Phi) is 7.41. The van der Waals surface area contributed by atoms with E-state index >= 15 is 0 Å². The lowest BCUT2D eigenvalue weighted by molar-refractivity contribution is -0.139. The first kappa shape index (κ1) is 18.3. The normalized spacial score (nSPS) is 12.7. The Morgan fingerprint density at radius 1 is 1.17 bits per heavy atom. The molecule has 0 fully saturated rings. The molecule has 0 spiro atoms. The molecule has 1 aromatic carbocycles. The van der Waals surface area contributed by atoms with Crippen molar-refractivity contribution in [2.75, 3.05) is 6.54 Å². The van der Waals surface area contributed by atoms with Crippen molar-refractivity contribution in [2.45, 2.75) is 24.9 Å². The van der Waals surface area contributed by atoms with Gasteiger partial charge in [-0.2, -0.15) is 0 Å². The highest BCUT2D eigenvalue weighted by Crippen LogP contribution is 2.04. The minimum Gasteiger partial charge on any atom is -0.481 e. The Balaban J connectivity index is 2.77. The highest BCUT2D eigenvalue weighted by atomic mass is 16.4. The number of carbonyl (C=O) groups excluding carboxylic acids is 3. The molecule has 0 bridgehead atoms. The number of aliphatic carboxylic acids is 1. The summed E-state index contributed by atoms with van der Waals surface area (Å²) in [5.41, 5.74) is 6.28. The fraction of sp³-hybridized carbons (Fsp3) is 0.333. The quantitative estimate of drug-likeness (QED) is 0.423. The van der Waals surface area contributed by atoms with Crippen LogP contribution < -0.4 is 16.4 Å². The van der Waals surface area contributed by atoms with Gasteiger partial charge in [0.25, 0.3) is 0 Å². The van der Waals surface area contributed by atoms with Gasteiger partial charge < -0.3 is 26.3 Å².